The molecular formula is C25H31N5O3S. The van der Waals surface area contributed by atoms with Crippen LogP contribution in [-0.2, 0) is 9.53 Å². The highest BCUT2D eigenvalue weighted by Crippen LogP contribution is 2.29. The highest BCUT2D eigenvalue weighted by molar-refractivity contribution is 7.99. The number of hydrogen-bond acceptors (Lipinski definition) is 7. The average molecular weight is 482 g/mol. The van der Waals surface area contributed by atoms with E-state index in [-0.39, 0.29) is 5.91 Å². The van der Waals surface area contributed by atoms with E-state index in [0.29, 0.717) is 13.0 Å². The molecule has 1 fully saturated rings. The molecule has 1 aliphatic rings. The number of aromatic nitrogens is 3. The molecule has 0 radical (unpaired) electrons. The first-order chi connectivity index (χ1) is 16.7. The number of amides is 1. The van der Waals surface area contributed by atoms with Gasteiger partial charge in [-0.3, -0.25) is 14.3 Å². The zero-order valence-corrected chi connectivity index (χ0v) is 20.3. The minimum atomic E-state index is 0.0930. The first-order valence-electron chi connectivity index (χ1n) is 11.6. The van der Waals surface area contributed by atoms with E-state index in [1.54, 1.807) is 18.9 Å². The van der Waals surface area contributed by atoms with Gasteiger partial charge in [-0.25, -0.2) is 0 Å². The summed E-state index contributed by atoms with van der Waals surface area (Å²) in [6, 6.07) is 17.9. The number of carbonyl (C=O) groups excluding carboxylic acids is 1. The Kier molecular flexibility index (Phi) is 8.95. The van der Waals surface area contributed by atoms with Gasteiger partial charge in [-0.1, -0.05) is 42.1 Å². The molecule has 2 heterocycles. The third-order valence-electron chi connectivity index (χ3n) is 5.63. The summed E-state index contributed by atoms with van der Waals surface area (Å²) in [5.41, 5.74) is 1.96. The highest BCUT2D eigenvalue weighted by Gasteiger charge is 2.16. The zero-order valence-electron chi connectivity index (χ0n) is 19.5. The molecule has 34 heavy (non-hydrogen) atoms. The lowest BCUT2D eigenvalue weighted by Crippen LogP contribution is -2.41. The maximum Gasteiger partial charge on any atom is 0.220 e. The van der Waals surface area contributed by atoms with Gasteiger partial charge in [-0.05, 0) is 30.7 Å². The number of benzene rings is 2. The largest absolute Gasteiger partial charge is 0.497 e. The predicted octanol–water partition coefficient (Wildman–Crippen LogP) is 3.26. The maximum absolute atomic E-state index is 12.2. The minimum Gasteiger partial charge on any atom is -0.497 e. The van der Waals surface area contributed by atoms with Gasteiger partial charge in [-0.2, -0.15) is 0 Å². The molecule has 1 N–H and O–H groups in total. The SMILES string of the molecule is COc1ccc(-n2c(SCCCC(=O)NCCN3CCOCC3)nnc2-c2ccccc2)cc1. The third kappa shape index (κ3) is 6.59. The fraction of sp³-hybridized carbons (Fsp3) is 0.400. The van der Waals surface area contributed by atoms with Crippen molar-refractivity contribution in [2.45, 2.75) is 18.0 Å². The van der Waals surface area contributed by atoms with E-state index in [1.807, 2.05) is 54.6 Å². The Morgan fingerprint density at radius 2 is 1.85 bits per heavy atom. The smallest absolute Gasteiger partial charge is 0.220 e. The number of nitrogens with one attached hydrogen (secondary N) is 1. The normalized spacial score (nSPS) is 14.1. The minimum absolute atomic E-state index is 0.0930. The van der Waals surface area contributed by atoms with Gasteiger partial charge in [0.15, 0.2) is 11.0 Å². The Balaban J connectivity index is 1.33. The average Bonchev–Trinajstić information content (AvgIpc) is 3.32. The second-order valence-electron chi connectivity index (χ2n) is 7.96. The molecule has 8 nitrogen and oxygen atoms in total. The lowest BCUT2D eigenvalue weighted by atomic mass is 10.2. The van der Waals surface area contributed by atoms with E-state index in [4.69, 9.17) is 9.47 Å². The van der Waals surface area contributed by atoms with Gasteiger partial charge in [-0.15, -0.1) is 10.2 Å². The van der Waals surface area contributed by atoms with Crippen LogP contribution in [0.3, 0.4) is 0 Å². The quantitative estimate of drug-likeness (QED) is 0.333. The molecule has 0 unspecified atom stereocenters. The molecule has 180 valence electrons. The summed E-state index contributed by atoms with van der Waals surface area (Å²) in [7, 11) is 1.66. The summed E-state index contributed by atoms with van der Waals surface area (Å²) in [4.78, 5) is 14.5. The van der Waals surface area contributed by atoms with Gasteiger partial charge >= 0.3 is 0 Å². The zero-order chi connectivity index (χ0) is 23.6. The van der Waals surface area contributed by atoms with Crippen molar-refractivity contribution in [2.75, 3.05) is 52.3 Å². The summed E-state index contributed by atoms with van der Waals surface area (Å²) in [5, 5.41) is 12.8. The number of ether oxygens (including phenoxy) is 2. The van der Waals surface area contributed by atoms with Crippen molar-refractivity contribution in [3.8, 4) is 22.8 Å². The van der Waals surface area contributed by atoms with Crippen LogP contribution in [0, 0.1) is 0 Å². The van der Waals surface area contributed by atoms with Gasteiger partial charge in [0.25, 0.3) is 0 Å². The molecule has 3 aromatic rings. The number of thioether (sulfide) groups is 1. The first-order valence-corrected chi connectivity index (χ1v) is 12.6. The summed E-state index contributed by atoms with van der Waals surface area (Å²) < 4.78 is 12.7. The fourth-order valence-corrected chi connectivity index (χ4v) is 4.66. The predicted molar refractivity (Wildman–Crippen MR) is 134 cm³/mol. The van der Waals surface area contributed by atoms with Crippen LogP contribution in [0.25, 0.3) is 17.1 Å². The molecule has 0 spiro atoms. The molecule has 1 saturated heterocycles. The molecule has 1 aromatic heterocycles. The Hall–Kier alpha value is -2.88. The Morgan fingerprint density at radius 3 is 2.59 bits per heavy atom. The van der Waals surface area contributed by atoms with Crippen LogP contribution in [0.2, 0.25) is 0 Å². The van der Waals surface area contributed by atoms with Crippen molar-refractivity contribution < 1.29 is 14.3 Å². The molecule has 1 amide bonds. The Labute approximate surface area is 204 Å². The van der Waals surface area contributed by atoms with Crippen molar-refractivity contribution in [3.63, 3.8) is 0 Å². The van der Waals surface area contributed by atoms with Crippen LogP contribution >= 0.6 is 11.8 Å². The monoisotopic (exact) mass is 481 g/mol. The van der Waals surface area contributed by atoms with Gasteiger partial charge in [0.1, 0.15) is 5.75 Å². The molecule has 2 aromatic carbocycles. The number of morpholine rings is 1. The number of nitrogens with zero attached hydrogens (tertiary/aromatic N) is 4. The van der Waals surface area contributed by atoms with Crippen LogP contribution < -0.4 is 10.1 Å². The van der Waals surface area contributed by atoms with Crippen LogP contribution in [0.1, 0.15) is 12.8 Å². The second-order valence-corrected chi connectivity index (χ2v) is 9.02. The van der Waals surface area contributed by atoms with Gasteiger partial charge < -0.3 is 14.8 Å². The molecule has 0 atom stereocenters. The van der Waals surface area contributed by atoms with E-state index in [9.17, 15) is 4.79 Å². The Morgan fingerprint density at radius 1 is 1.09 bits per heavy atom. The summed E-state index contributed by atoms with van der Waals surface area (Å²) in [6.07, 6.45) is 1.27. The van der Waals surface area contributed by atoms with Crippen molar-refractivity contribution in [1.29, 1.82) is 0 Å². The van der Waals surface area contributed by atoms with Crippen LogP contribution in [0.15, 0.2) is 59.8 Å². The van der Waals surface area contributed by atoms with Crippen LogP contribution in [-0.4, -0.2) is 77.8 Å². The molecule has 9 heteroatoms. The van der Waals surface area contributed by atoms with Crippen molar-refractivity contribution >= 4 is 17.7 Å². The summed E-state index contributed by atoms with van der Waals surface area (Å²) in [6.45, 7) is 4.98. The molecular weight excluding hydrogens is 450 g/mol. The van der Waals surface area contributed by atoms with Crippen molar-refractivity contribution in [1.82, 2.24) is 25.0 Å². The number of methoxy groups -OCH3 is 1. The van der Waals surface area contributed by atoms with E-state index in [1.165, 1.54) is 0 Å². The first kappa shape index (κ1) is 24.3. The molecule has 0 aliphatic carbocycles. The van der Waals surface area contributed by atoms with E-state index < -0.39 is 0 Å². The van der Waals surface area contributed by atoms with Crippen LogP contribution in [0.4, 0.5) is 0 Å². The van der Waals surface area contributed by atoms with Crippen LogP contribution in [0.5, 0.6) is 5.75 Å². The van der Waals surface area contributed by atoms with E-state index in [0.717, 1.165) is 73.0 Å². The third-order valence-corrected chi connectivity index (χ3v) is 6.64. The van der Waals surface area contributed by atoms with E-state index >= 15 is 0 Å². The Bertz CT molecular complexity index is 1040. The lowest BCUT2D eigenvalue weighted by molar-refractivity contribution is -0.121. The van der Waals surface area contributed by atoms with Gasteiger partial charge in [0.05, 0.1) is 20.3 Å². The maximum atomic E-state index is 12.2. The second kappa shape index (κ2) is 12.5. The lowest BCUT2D eigenvalue weighted by Gasteiger charge is -2.26. The molecule has 0 saturated carbocycles. The number of rotatable bonds is 11. The number of carbonyl (C=O) groups is 1. The van der Waals surface area contributed by atoms with Gasteiger partial charge in [0.2, 0.25) is 5.91 Å². The standard InChI is InChI=1S/C25H31N5O3S/c1-32-22-11-9-21(10-12-22)30-24(20-6-3-2-4-7-20)27-28-25(30)34-19-5-8-23(31)26-13-14-29-15-17-33-18-16-29/h2-4,6-7,9-12H,5,8,13-19H2,1H3,(H,26,31). The topological polar surface area (TPSA) is 81.5 Å². The summed E-state index contributed by atoms with van der Waals surface area (Å²) >= 11 is 1.61. The molecule has 1 aliphatic heterocycles. The van der Waals surface area contributed by atoms with Crippen molar-refractivity contribution in [2.24, 2.45) is 0 Å². The van der Waals surface area contributed by atoms with Crippen molar-refractivity contribution in [3.05, 3.63) is 54.6 Å². The fourth-order valence-electron chi connectivity index (χ4n) is 3.76. The molecule has 0 bridgehead atoms. The number of hydrogen-bond donors (Lipinski definition) is 1. The van der Waals surface area contributed by atoms with Gasteiger partial charge in [0, 0.05) is 49.6 Å². The van der Waals surface area contributed by atoms with E-state index in [2.05, 4.69) is 25.0 Å². The highest BCUT2D eigenvalue weighted by atomic mass is 32.2. The summed E-state index contributed by atoms with van der Waals surface area (Å²) in [5.74, 6) is 2.46. The molecule has 4 rings (SSSR count).